The highest BCUT2D eigenvalue weighted by atomic mass is 16.5. The van der Waals surface area contributed by atoms with Crippen LogP contribution in [0.1, 0.15) is 26.2 Å². The lowest BCUT2D eigenvalue weighted by Gasteiger charge is -2.23. The normalized spacial score (nSPS) is 19.5. The van der Waals surface area contributed by atoms with Crippen molar-refractivity contribution in [1.82, 2.24) is 4.90 Å². The predicted molar refractivity (Wildman–Crippen MR) is 57.9 cm³/mol. The van der Waals surface area contributed by atoms with E-state index in [1.807, 2.05) is 6.92 Å². The number of hydrogen-bond donors (Lipinski definition) is 0. The minimum atomic E-state index is -0.389. The second-order valence-corrected chi connectivity index (χ2v) is 3.84. The highest BCUT2D eigenvalue weighted by molar-refractivity contribution is 5.85. The van der Waals surface area contributed by atoms with Crippen LogP contribution in [-0.4, -0.2) is 49.7 Å². The molecule has 0 aromatic rings. The topological polar surface area (TPSA) is 55.8 Å². The van der Waals surface area contributed by atoms with Crippen LogP contribution in [0.2, 0.25) is 0 Å². The molecule has 1 amide bonds. The van der Waals surface area contributed by atoms with Gasteiger partial charge in [0, 0.05) is 13.2 Å². The third-order valence-corrected chi connectivity index (χ3v) is 2.56. The first kappa shape index (κ1) is 13.0. The summed E-state index contributed by atoms with van der Waals surface area (Å²) in [5.41, 5.74) is 0. The molecule has 0 bridgehead atoms. The van der Waals surface area contributed by atoms with Crippen LogP contribution >= 0.6 is 0 Å². The van der Waals surface area contributed by atoms with Crippen LogP contribution in [0.5, 0.6) is 0 Å². The molecule has 0 radical (unpaired) electrons. The zero-order chi connectivity index (χ0) is 12.0. The van der Waals surface area contributed by atoms with Crippen molar-refractivity contribution in [3.63, 3.8) is 0 Å². The molecule has 92 valence electrons. The van der Waals surface area contributed by atoms with Crippen LogP contribution < -0.4 is 0 Å². The molecule has 1 saturated heterocycles. The van der Waals surface area contributed by atoms with Crippen molar-refractivity contribution in [2.75, 3.05) is 26.8 Å². The third kappa shape index (κ3) is 3.48. The molecule has 1 aliphatic rings. The molecule has 0 N–H and O–H groups in total. The molecule has 1 aliphatic heterocycles. The lowest BCUT2D eigenvalue weighted by molar-refractivity contribution is -0.150. The average molecular weight is 229 g/mol. The molecule has 5 heteroatoms. The molecule has 16 heavy (non-hydrogen) atoms. The smallest absolute Gasteiger partial charge is 0.325 e. The van der Waals surface area contributed by atoms with Crippen LogP contribution in [0.25, 0.3) is 0 Å². The van der Waals surface area contributed by atoms with Crippen LogP contribution in [0.3, 0.4) is 0 Å². The number of esters is 1. The van der Waals surface area contributed by atoms with E-state index in [0.29, 0.717) is 13.2 Å². The Morgan fingerprint density at radius 3 is 2.75 bits per heavy atom. The molecule has 0 aromatic carbocycles. The first-order valence-electron chi connectivity index (χ1n) is 5.66. The van der Waals surface area contributed by atoms with Gasteiger partial charge in [0.2, 0.25) is 0 Å². The molecule has 0 spiro atoms. The summed E-state index contributed by atoms with van der Waals surface area (Å²) in [4.78, 5) is 24.7. The Morgan fingerprint density at radius 2 is 2.25 bits per heavy atom. The lowest BCUT2D eigenvalue weighted by Crippen LogP contribution is -2.42. The van der Waals surface area contributed by atoms with Gasteiger partial charge in [0.25, 0.3) is 5.91 Å². The van der Waals surface area contributed by atoms with Crippen LogP contribution in [0, 0.1) is 0 Å². The molecule has 0 aliphatic carbocycles. The molecule has 1 rings (SSSR count). The number of hydrogen-bond acceptors (Lipinski definition) is 4. The number of carbonyl (C=O) groups excluding carboxylic acids is 2. The Morgan fingerprint density at radius 1 is 1.50 bits per heavy atom. The SMILES string of the molecule is CCCN(CC(=O)OC)C(=O)[C@@H]1CCCO1. The molecular weight excluding hydrogens is 210 g/mol. The van der Waals surface area contributed by atoms with Gasteiger partial charge in [-0.05, 0) is 19.3 Å². The van der Waals surface area contributed by atoms with Gasteiger partial charge in [0.1, 0.15) is 12.6 Å². The third-order valence-electron chi connectivity index (χ3n) is 2.56. The summed E-state index contributed by atoms with van der Waals surface area (Å²) in [6.45, 7) is 3.18. The molecule has 1 atom stereocenters. The number of ether oxygens (including phenoxy) is 2. The fraction of sp³-hybridized carbons (Fsp3) is 0.818. The minimum Gasteiger partial charge on any atom is -0.468 e. The van der Waals surface area contributed by atoms with E-state index < -0.39 is 0 Å². The maximum Gasteiger partial charge on any atom is 0.325 e. The highest BCUT2D eigenvalue weighted by Gasteiger charge is 2.28. The summed E-state index contributed by atoms with van der Waals surface area (Å²) in [6.07, 6.45) is 2.11. The number of carbonyl (C=O) groups is 2. The van der Waals surface area contributed by atoms with Gasteiger partial charge in [-0.25, -0.2) is 0 Å². The maximum atomic E-state index is 12.0. The quantitative estimate of drug-likeness (QED) is 0.647. The zero-order valence-electron chi connectivity index (χ0n) is 9.90. The van der Waals surface area contributed by atoms with E-state index >= 15 is 0 Å². The first-order valence-corrected chi connectivity index (χ1v) is 5.66. The van der Waals surface area contributed by atoms with E-state index in [1.165, 1.54) is 12.0 Å². The van der Waals surface area contributed by atoms with Gasteiger partial charge in [-0.1, -0.05) is 6.92 Å². The van der Waals surface area contributed by atoms with Gasteiger partial charge in [0.05, 0.1) is 7.11 Å². The monoisotopic (exact) mass is 229 g/mol. The highest BCUT2D eigenvalue weighted by Crippen LogP contribution is 2.14. The van der Waals surface area contributed by atoms with E-state index in [0.717, 1.165) is 19.3 Å². The van der Waals surface area contributed by atoms with E-state index in [-0.39, 0.29) is 24.5 Å². The predicted octanol–water partition coefficient (Wildman–Crippen LogP) is 0.577. The average Bonchev–Trinajstić information content (AvgIpc) is 2.80. The van der Waals surface area contributed by atoms with Gasteiger partial charge < -0.3 is 14.4 Å². The number of nitrogens with zero attached hydrogens (tertiary/aromatic N) is 1. The summed E-state index contributed by atoms with van der Waals surface area (Å²) in [5.74, 6) is -0.482. The number of rotatable bonds is 5. The summed E-state index contributed by atoms with van der Waals surface area (Å²) in [6, 6.07) is 0. The summed E-state index contributed by atoms with van der Waals surface area (Å²) >= 11 is 0. The Balaban J connectivity index is 2.53. The standard InChI is InChI=1S/C11H19NO4/c1-3-6-12(8-10(13)15-2)11(14)9-5-4-7-16-9/h9H,3-8H2,1-2H3/t9-/m0/s1. The van der Waals surface area contributed by atoms with Crippen LogP contribution in [0.15, 0.2) is 0 Å². The maximum absolute atomic E-state index is 12.0. The minimum absolute atomic E-state index is 0.0169. The molecule has 1 fully saturated rings. The van der Waals surface area contributed by atoms with Crippen molar-refractivity contribution in [2.45, 2.75) is 32.3 Å². The Bertz CT molecular complexity index is 248. The van der Waals surface area contributed by atoms with Crippen molar-refractivity contribution in [3.05, 3.63) is 0 Å². The van der Waals surface area contributed by atoms with Gasteiger partial charge in [-0.15, -0.1) is 0 Å². The largest absolute Gasteiger partial charge is 0.468 e. The van der Waals surface area contributed by atoms with Crippen molar-refractivity contribution >= 4 is 11.9 Å². The second kappa shape index (κ2) is 6.48. The summed E-state index contributed by atoms with van der Waals surface area (Å²) in [7, 11) is 1.32. The molecule has 0 aromatic heterocycles. The lowest BCUT2D eigenvalue weighted by atomic mass is 10.2. The van der Waals surface area contributed by atoms with Crippen LogP contribution in [-0.2, 0) is 19.1 Å². The van der Waals surface area contributed by atoms with Gasteiger partial charge in [0.15, 0.2) is 0 Å². The molecule has 5 nitrogen and oxygen atoms in total. The number of methoxy groups -OCH3 is 1. The van der Waals surface area contributed by atoms with Crippen molar-refractivity contribution < 1.29 is 19.1 Å². The van der Waals surface area contributed by atoms with Crippen molar-refractivity contribution in [2.24, 2.45) is 0 Å². The van der Waals surface area contributed by atoms with E-state index in [1.54, 1.807) is 0 Å². The van der Waals surface area contributed by atoms with Gasteiger partial charge in [-0.2, -0.15) is 0 Å². The zero-order valence-corrected chi connectivity index (χ0v) is 9.90. The summed E-state index contributed by atoms with van der Waals surface area (Å²) in [5, 5.41) is 0. The number of amides is 1. The van der Waals surface area contributed by atoms with Gasteiger partial charge in [-0.3, -0.25) is 9.59 Å². The Hall–Kier alpha value is -1.10. The van der Waals surface area contributed by atoms with E-state index in [9.17, 15) is 9.59 Å². The first-order chi connectivity index (χ1) is 7.69. The molecule has 0 saturated carbocycles. The van der Waals surface area contributed by atoms with Crippen LogP contribution in [0.4, 0.5) is 0 Å². The van der Waals surface area contributed by atoms with E-state index in [2.05, 4.69) is 4.74 Å². The Kier molecular flexibility index (Phi) is 5.25. The van der Waals surface area contributed by atoms with E-state index in [4.69, 9.17) is 4.74 Å². The summed E-state index contributed by atoms with van der Waals surface area (Å²) < 4.78 is 9.88. The fourth-order valence-electron chi connectivity index (χ4n) is 1.73. The van der Waals surface area contributed by atoms with Crippen molar-refractivity contribution in [1.29, 1.82) is 0 Å². The fourth-order valence-corrected chi connectivity index (χ4v) is 1.73. The van der Waals surface area contributed by atoms with Crippen molar-refractivity contribution in [3.8, 4) is 0 Å². The Labute approximate surface area is 95.7 Å². The van der Waals surface area contributed by atoms with Gasteiger partial charge >= 0.3 is 5.97 Å². The molecule has 1 heterocycles. The second-order valence-electron chi connectivity index (χ2n) is 3.84. The molecular formula is C11H19NO4. The molecule has 0 unspecified atom stereocenters.